The molecule has 1 N–H and O–H groups in total. The molecule has 94 valence electrons. The number of amides is 1. The first-order valence-electron chi connectivity index (χ1n) is 5.35. The molecule has 0 spiro atoms. The molecule has 0 unspecified atom stereocenters. The molecule has 0 aliphatic rings. The van der Waals surface area contributed by atoms with Crippen LogP contribution in [-0.4, -0.2) is 13.0 Å². The van der Waals surface area contributed by atoms with Crippen molar-refractivity contribution in [3.8, 4) is 5.75 Å². The van der Waals surface area contributed by atoms with Gasteiger partial charge in [0, 0.05) is 11.0 Å². The van der Waals surface area contributed by atoms with Gasteiger partial charge >= 0.3 is 0 Å². The topological polar surface area (TPSA) is 38.3 Å². The fraction of sp³-hybridized carbons (Fsp3) is 0.154. The van der Waals surface area contributed by atoms with E-state index in [0.29, 0.717) is 17.2 Å². The zero-order valence-electron chi connectivity index (χ0n) is 9.77. The Hall–Kier alpha value is -1.33. The summed E-state index contributed by atoms with van der Waals surface area (Å²) in [4.78, 5) is 12.6. The molecule has 0 atom stereocenters. The lowest BCUT2D eigenvalue weighted by Gasteiger charge is -2.06. The molecule has 0 saturated heterocycles. The van der Waals surface area contributed by atoms with Crippen molar-refractivity contribution < 1.29 is 9.53 Å². The molecule has 3 nitrogen and oxygen atoms in total. The van der Waals surface area contributed by atoms with Crippen LogP contribution in [0.1, 0.15) is 15.2 Å². The van der Waals surface area contributed by atoms with Crippen molar-refractivity contribution in [1.82, 2.24) is 5.32 Å². The van der Waals surface area contributed by atoms with Gasteiger partial charge in [-0.2, -0.15) is 0 Å². The third-order valence-corrected chi connectivity index (χ3v) is 3.79. The average molecular weight is 326 g/mol. The lowest BCUT2D eigenvalue weighted by molar-refractivity contribution is 0.0952. The van der Waals surface area contributed by atoms with Crippen molar-refractivity contribution in [3.05, 3.63) is 50.6 Å². The van der Waals surface area contributed by atoms with E-state index in [1.807, 2.05) is 29.6 Å². The van der Waals surface area contributed by atoms with Crippen LogP contribution in [0.15, 0.2) is 40.2 Å². The van der Waals surface area contributed by atoms with Crippen LogP contribution < -0.4 is 10.1 Å². The fourth-order valence-corrected chi connectivity index (χ4v) is 2.75. The molecular formula is C13H12BrNO2S. The second kappa shape index (κ2) is 6.02. The molecule has 0 fully saturated rings. The molecule has 2 rings (SSSR count). The zero-order valence-corrected chi connectivity index (χ0v) is 12.2. The summed E-state index contributed by atoms with van der Waals surface area (Å²) in [6.07, 6.45) is 0. The van der Waals surface area contributed by atoms with Crippen molar-refractivity contribution >= 4 is 33.2 Å². The number of nitrogens with one attached hydrogen (secondary N) is 1. The summed E-state index contributed by atoms with van der Waals surface area (Å²) in [7, 11) is 1.56. The van der Waals surface area contributed by atoms with E-state index in [-0.39, 0.29) is 5.91 Å². The highest BCUT2D eigenvalue weighted by Crippen LogP contribution is 2.24. The van der Waals surface area contributed by atoms with Gasteiger partial charge in [0.1, 0.15) is 10.6 Å². The smallest absolute Gasteiger partial charge is 0.265 e. The van der Waals surface area contributed by atoms with E-state index in [1.165, 1.54) is 11.3 Å². The zero-order chi connectivity index (χ0) is 13.0. The summed E-state index contributed by atoms with van der Waals surface area (Å²) in [5.74, 6) is 0.508. The van der Waals surface area contributed by atoms with Crippen molar-refractivity contribution in [1.29, 1.82) is 0 Å². The van der Waals surface area contributed by atoms with Crippen LogP contribution in [0.25, 0.3) is 0 Å². The molecule has 2 aromatic rings. The molecule has 18 heavy (non-hydrogen) atoms. The Morgan fingerprint density at radius 3 is 3.00 bits per heavy atom. The molecule has 0 bridgehead atoms. The predicted molar refractivity (Wildman–Crippen MR) is 76.2 cm³/mol. The van der Waals surface area contributed by atoms with Gasteiger partial charge in [-0.05, 0) is 29.1 Å². The largest absolute Gasteiger partial charge is 0.495 e. The number of benzene rings is 1. The maximum absolute atomic E-state index is 12.0. The SMILES string of the molecule is COc1ccsc1C(=O)NCc1cccc(Br)c1. The van der Waals surface area contributed by atoms with Gasteiger partial charge in [0.25, 0.3) is 5.91 Å². The Kier molecular flexibility index (Phi) is 4.38. The predicted octanol–water partition coefficient (Wildman–Crippen LogP) is 3.45. The lowest BCUT2D eigenvalue weighted by atomic mass is 10.2. The van der Waals surface area contributed by atoms with E-state index < -0.39 is 0 Å². The van der Waals surface area contributed by atoms with Crippen LogP contribution in [0.4, 0.5) is 0 Å². The summed E-state index contributed by atoms with van der Waals surface area (Å²) < 4.78 is 6.12. The number of carbonyl (C=O) groups is 1. The molecule has 1 aromatic heterocycles. The lowest BCUT2D eigenvalue weighted by Crippen LogP contribution is -2.22. The Balaban J connectivity index is 2.00. The van der Waals surface area contributed by atoms with Crippen molar-refractivity contribution in [3.63, 3.8) is 0 Å². The number of hydrogen-bond acceptors (Lipinski definition) is 3. The Morgan fingerprint density at radius 2 is 2.28 bits per heavy atom. The highest BCUT2D eigenvalue weighted by atomic mass is 79.9. The van der Waals surface area contributed by atoms with Crippen LogP contribution in [0.2, 0.25) is 0 Å². The summed E-state index contributed by atoms with van der Waals surface area (Å²) in [5, 5.41) is 4.71. The monoisotopic (exact) mass is 325 g/mol. The van der Waals surface area contributed by atoms with Crippen LogP contribution in [0.5, 0.6) is 5.75 Å². The number of methoxy groups -OCH3 is 1. The average Bonchev–Trinajstić information content (AvgIpc) is 2.84. The molecule has 0 radical (unpaired) electrons. The quantitative estimate of drug-likeness (QED) is 0.935. The van der Waals surface area contributed by atoms with Gasteiger partial charge in [0.2, 0.25) is 0 Å². The number of carbonyl (C=O) groups excluding carboxylic acids is 1. The fourth-order valence-electron chi connectivity index (χ4n) is 1.53. The molecule has 0 saturated carbocycles. The highest BCUT2D eigenvalue weighted by molar-refractivity contribution is 9.10. The number of thiophene rings is 1. The molecule has 0 aliphatic carbocycles. The van der Waals surface area contributed by atoms with Gasteiger partial charge in [-0.3, -0.25) is 4.79 Å². The normalized spacial score (nSPS) is 10.1. The molecule has 0 aliphatic heterocycles. The van der Waals surface area contributed by atoms with Gasteiger partial charge in [0.05, 0.1) is 7.11 Å². The minimum atomic E-state index is -0.109. The van der Waals surface area contributed by atoms with Crippen LogP contribution in [0, 0.1) is 0 Å². The van der Waals surface area contributed by atoms with Crippen LogP contribution >= 0.6 is 27.3 Å². The second-order valence-corrected chi connectivity index (χ2v) is 5.46. The van der Waals surface area contributed by atoms with Crippen molar-refractivity contribution in [2.24, 2.45) is 0 Å². The Labute approximate surface area is 118 Å². The first-order valence-corrected chi connectivity index (χ1v) is 7.02. The number of halogens is 1. The number of rotatable bonds is 4. The number of ether oxygens (including phenoxy) is 1. The van der Waals surface area contributed by atoms with Gasteiger partial charge in [-0.25, -0.2) is 0 Å². The third-order valence-electron chi connectivity index (χ3n) is 2.40. The molecule has 1 heterocycles. The first kappa shape index (κ1) is 13.1. The molecular weight excluding hydrogens is 314 g/mol. The van der Waals surface area contributed by atoms with Crippen LogP contribution in [-0.2, 0) is 6.54 Å². The molecule has 5 heteroatoms. The maximum atomic E-state index is 12.0. The van der Waals surface area contributed by atoms with Gasteiger partial charge in [0.15, 0.2) is 0 Å². The van der Waals surface area contributed by atoms with E-state index in [2.05, 4.69) is 21.2 Å². The second-order valence-electron chi connectivity index (χ2n) is 3.63. The summed E-state index contributed by atoms with van der Waals surface area (Å²) >= 11 is 4.77. The number of hydrogen-bond donors (Lipinski definition) is 1. The van der Waals surface area contributed by atoms with E-state index in [1.54, 1.807) is 13.2 Å². The summed E-state index contributed by atoms with van der Waals surface area (Å²) in [6, 6.07) is 9.63. The van der Waals surface area contributed by atoms with Gasteiger partial charge < -0.3 is 10.1 Å². The Bertz CT molecular complexity index is 553. The highest BCUT2D eigenvalue weighted by Gasteiger charge is 2.13. The summed E-state index contributed by atoms with van der Waals surface area (Å²) in [5.41, 5.74) is 1.05. The van der Waals surface area contributed by atoms with Gasteiger partial charge in [-0.1, -0.05) is 28.1 Å². The van der Waals surface area contributed by atoms with Gasteiger partial charge in [-0.15, -0.1) is 11.3 Å². The third kappa shape index (κ3) is 3.11. The van der Waals surface area contributed by atoms with Crippen LogP contribution in [0.3, 0.4) is 0 Å². The van der Waals surface area contributed by atoms with Crippen molar-refractivity contribution in [2.75, 3.05) is 7.11 Å². The standard InChI is InChI=1S/C13H12BrNO2S/c1-17-11-5-6-18-12(11)13(16)15-8-9-3-2-4-10(14)7-9/h2-7H,8H2,1H3,(H,15,16). The first-order chi connectivity index (χ1) is 8.70. The van der Waals surface area contributed by atoms with E-state index in [9.17, 15) is 4.79 Å². The Morgan fingerprint density at radius 1 is 1.44 bits per heavy atom. The maximum Gasteiger partial charge on any atom is 0.265 e. The minimum Gasteiger partial charge on any atom is -0.495 e. The van der Waals surface area contributed by atoms with E-state index in [4.69, 9.17) is 4.74 Å². The molecule has 1 aromatic carbocycles. The van der Waals surface area contributed by atoms with Crippen molar-refractivity contribution in [2.45, 2.75) is 6.54 Å². The van der Waals surface area contributed by atoms with E-state index in [0.717, 1.165) is 10.0 Å². The minimum absolute atomic E-state index is 0.109. The molecule has 1 amide bonds. The summed E-state index contributed by atoms with van der Waals surface area (Å²) in [6.45, 7) is 0.499. The van der Waals surface area contributed by atoms with E-state index >= 15 is 0 Å².